The van der Waals surface area contributed by atoms with Crippen molar-refractivity contribution in [1.82, 2.24) is 9.55 Å². The molecule has 82 valence electrons. The maximum absolute atomic E-state index is 4.50. The lowest BCUT2D eigenvalue weighted by atomic mass is 10.2. The van der Waals surface area contributed by atoms with Gasteiger partial charge in [-0.05, 0) is 19.8 Å². The number of rotatable bonds is 4. The van der Waals surface area contributed by atoms with E-state index in [-0.39, 0.29) is 0 Å². The zero-order valence-corrected chi connectivity index (χ0v) is 9.37. The number of aromatic nitrogens is 2. The molecule has 0 aliphatic heterocycles. The van der Waals surface area contributed by atoms with Crippen molar-refractivity contribution in [3.05, 3.63) is 24.5 Å². The van der Waals surface area contributed by atoms with Crippen LogP contribution in [0.15, 0.2) is 18.9 Å². The molecule has 1 aromatic rings. The SMILES string of the molecule is C=CCn1cc(C)nc1NC1CCCC1. The Kier molecular flexibility index (Phi) is 3.09. The van der Waals surface area contributed by atoms with Crippen LogP contribution in [0.4, 0.5) is 5.95 Å². The van der Waals surface area contributed by atoms with Crippen LogP contribution < -0.4 is 5.32 Å². The van der Waals surface area contributed by atoms with Gasteiger partial charge in [0.15, 0.2) is 0 Å². The van der Waals surface area contributed by atoms with Gasteiger partial charge in [0.05, 0.1) is 5.69 Å². The van der Waals surface area contributed by atoms with Crippen molar-refractivity contribution in [2.45, 2.75) is 45.2 Å². The van der Waals surface area contributed by atoms with Crippen molar-refractivity contribution in [1.29, 1.82) is 0 Å². The Morgan fingerprint density at radius 1 is 1.60 bits per heavy atom. The van der Waals surface area contributed by atoms with Gasteiger partial charge in [0.1, 0.15) is 0 Å². The first-order valence-electron chi connectivity index (χ1n) is 5.71. The van der Waals surface area contributed by atoms with Crippen molar-refractivity contribution in [2.75, 3.05) is 5.32 Å². The molecule has 0 saturated heterocycles. The topological polar surface area (TPSA) is 29.9 Å². The molecule has 0 aromatic carbocycles. The summed E-state index contributed by atoms with van der Waals surface area (Å²) in [5.74, 6) is 0.999. The van der Waals surface area contributed by atoms with E-state index < -0.39 is 0 Å². The quantitative estimate of drug-likeness (QED) is 0.766. The van der Waals surface area contributed by atoms with E-state index in [1.807, 2.05) is 13.0 Å². The number of aryl methyl sites for hydroxylation is 1. The summed E-state index contributed by atoms with van der Waals surface area (Å²) in [6.45, 7) is 6.62. The molecule has 0 spiro atoms. The smallest absolute Gasteiger partial charge is 0.203 e. The molecule has 1 aliphatic rings. The first kappa shape index (κ1) is 10.3. The summed E-state index contributed by atoms with van der Waals surface area (Å²) >= 11 is 0. The third-order valence-electron chi connectivity index (χ3n) is 2.91. The lowest BCUT2D eigenvalue weighted by Gasteiger charge is -2.13. The summed E-state index contributed by atoms with van der Waals surface area (Å²) in [6.07, 6.45) is 9.22. The Bertz CT molecular complexity index is 335. The minimum Gasteiger partial charge on any atom is -0.353 e. The van der Waals surface area contributed by atoms with Crippen molar-refractivity contribution in [2.24, 2.45) is 0 Å². The van der Waals surface area contributed by atoms with Crippen LogP contribution in [0.3, 0.4) is 0 Å². The fraction of sp³-hybridized carbons (Fsp3) is 0.583. The number of imidazole rings is 1. The van der Waals surface area contributed by atoms with E-state index in [0.717, 1.165) is 18.2 Å². The van der Waals surface area contributed by atoms with E-state index in [9.17, 15) is 0 Å². The van der Waals surface area contributed by atoms with Crippen LogP contribution in [0.25, 0.3) is 0 Å². The van der Waals surface area contributed by atoms with E-state index in [1.165, 1.54) is 25.7 Å². The minimum absolute atomic E-state index is 0.621. The largest absolute Gasteiger partial charge is 0.353 e. The number of hydrogen-bond donors (Lipinski definition) is 1. The van der Waals surface area contributed by atoms with Gasteiger partial charge in [0.25, 0.3) is 0 Å². The van der Waals surface area contributed by atoms with E-state index in [4.69, 9.17) is 0 Å². The maximum Gasteiger partial charge on any atom is 0.203 e. The lowest BCUT2D eigenvalue weighted by molar-refractivity contribution is 0.721. The highest BCUT2D eigenvalue weighted by Crippen LogP contribution is 2.22. The normalized spacial score (nSPS) is 16.9. The Morgan fingerprint density at radius 3 is 3.00 bits per heavy atom. The molecule has 1 fully saturated rings. The maximum atomic E-state index is 4.50. The fourth-order valence-corrected chi connectivity index (χ4v) is 2.19. The van der Waals surface area contributed by atoms with Crippen LogP contribution in [0, 0.1) is 6.92 Å². The molecule has 0 radical (unpaired) electrons. The highest BCUT2D eigenvalue weighted by atomic mass is 15.2. The highest BCUT2D eigenvalue weighted by Gasteiger charge is 2.16. The van der Waals surface area contributed by atoms with Crippen LogP contribution in [0.1, 0.15) is 31.4 Å². The molecule has 2 rings (SSSR count). The molecule has 0 bridgehead atoms. The van der Waals surface area contributed by atoms with Gasteiger partial charge in [-0.3, -0.25) is 0 Å². The molecule has 1 aromatic heterocycles. The monoisotopic (exact) mass is 205 g/mol. The molecule has 15 heavy (non-hydrogen) atoms. The molecule has 0 amide bonds. The van der Waals surface area contributed by atoms with Gasteiger partial charge in [0, 0.05) is 18.8 Å². The molecule has 1 aliphatic carbocycles. The van der Waals surface area contributed by atoms with Crippen LogP contribution in [0.5, 0.6) is 0 Å². The Morgan fingerprint density at radius 2 is 2.33 bits per heavy atom. The lowest BCUT2D eigenvalue weighted by Crippen LogP contribution is -2.17. The summed E-state index contributed by atoms with van der Waals surface area (Å²) in [6, 6.07) is 0.621. The molecular weight excluding hydrogens is 186 g/mol. The average Bonchev–Trinajstić information content (AvgIpc) is 2.78. The average molecular weight is 205 g/mol. The third kappa shape index (κ3) is 2.41. The number of nitrogens with one attached hydrogen (secondary N) is 1. The number of nitrogens with zero attached hydrogens (tertiary/aromatic N) is 2. The molecule has 1 heterocycles. The second kappa shape index (κ2) is 4.51. The van der Waals surface area contributed by atoms with Gasteiger partial charge in [0.2, 0.25) is 5.95 Å². The van der Waals surface area contributed by atoms with Crippen molar-refractivity contribution in [3.8, 4) is 0 Å². The number of allylic oxidation sites excluding steroid dienone is 1. The summed E-state index contributed by atoms with van der Waals surface area (Å²) < 4.78 is 2.13. The van der Waals surface area contributed by atoms with Crippen molar-refractivity contribution in [3.63, 3.8) is 0 Å². The summed E-state index contributed by atoms with van der Waals surface area (Å²) in [4.78, 5) is 4.50. The zero-order chi connectivity index (χ0) is 10.7. The fourth-order valence-electron chi connectivity index (χ4n) is 2.19. The molecule has 0 unspecified atom stereocenters. The summed E-state index contributed by atoms with van der Waals surface area (Å²) in [5.41, 5.74) is 1.07. The molecule has 1 N–H and O–H groups in total. The van der Waals surface area contributed by atoms with Gasteiger partial charge in [-0.2, -0.15) is 0 Å². The van der Waals surface area contributed by atoms with Gasteiger partial charge < -0.3 is 9.88 Å². The first-order valence-corrected chi connectivity index (χ1v) is 5.71. The van der Waals surface area contributed by atoms with Gasteiger partial charge in [-0.15, -0.1) is 6.58 Å². The van der Waals surface area contributed by atoms with E-state index >= 15 is 0 Å². The van der Waals surface area contributed by atoms with E-state index in [0.29, 0.717) is 6.04 Å². The number of hydrogen-bond acceptors (Lipinski definition) is 2. The summed E-state index contributed by atoms with van der Waals surface area (Å²) in [7, 11) is 0. The summed E-state index contributed by atoms with van der Waals surface area (Å²) in [5, 5.41) is 3.52. The van der Waals surface area contributed by atoms with Gasteiger partial charge in [-0.1, -0.05) is 18.9 Å². The van der Waals surface area contributed by atoms with Crippen molar-refractivity contribution < 1.29 is 0 Å². The molecule has 3 nitrogen and oxygen atoms in total. The van der Waals surface area contributed by atoms with Crippen molar-refractivity contribution >= 4 is 5.95 Å². The van der Waals surface area contributed by atoms with Crippen LogP contribution in [0.2, 0.25) is 0 Å². The predicted molar refractivity (Wildman–Crippen MR) is 63.0 cm³/mol. The Hall–Kier alpha value is -1.25. The minimum atomic E-state index is 0.621. The highest BCUT2D eigenvalue weighted by molar-refractivity contribution is 5.30. The second-order valence-corrected chi connectivity index (χ2v) is 4.27. The van der Waals surface area contributed by atoms with Gasteiger partial charge in [-0.25, -0.2) is 4.98 Å². The number of anilines is 1. The van der Waals surface area contributed by atoms with Crippen LogP contribution in [-0.2, 0) is 6.54 Å². The van der Waals surface area contributed by atoms with E-state index in [2.05, 4.69) is 27.6 Å². The Labute approximate surface area is 91.2 Å². The first-order chi connectivity index (χ1) is 7.29. The predicted octanol–water partition coefficient (Wildman–Crippen LogP) is 2.73. The van der Waals surface area contributed by atoms with E-state index in [1.54, 1.807) is 0 Å². The molecule has 1 saturated carbocycles. The van der Waals surface area contributed by atoms with Gasteiger partial charge >= 0.3 is 0 Å². The Balaban J connectivity index is 2.07. The zero-order valence-electron chi connectivity index (χ0n) is 9.37. The molecular formula is C12H19N3. The van der Waals surface area contributed by atoms with Crippen LogP contribution >= 0.6 is 0 Å². The third-order valence-corrected chi connectivity index (χ3v) is 2.91. The molecule has 0 atom stereocenters. The standard InChI is InChI=1S/C12H19N3/c1-3-8-15-9-10(2)13-12(15)14-11-6-4-5-7-11/h3,9,11H,1,4-8H2,2H3,(H,13,14). The van der Waals surface area contributed by atoms with Crippen LogP contribution in [-0.4, -0.2) is 15.6 Å². The molecule has 3 heteroatoms. The second-order valence-electron chi connectivity index (χ2n) is 4.27.